The molecular weight excluding hydrogens is 304 g/mol. The first-order valence-corrected chi connectivity index (χ1v) is 7.54. The van der Waals surface area contributed by atoms with E-state index in [0.717, 1.165) is 0 Å². The molecule has 0 aromatic carbocycles. The zero-order valence-electron chi connectivity index (χ0n) is 12.4. The predicted molar refractivity (Wildman–Crippen MR) is 78.4 cm³/mol. The summed E-state index contributed by atoms with van der Waals surface area (Å²) in [5, 5.41) is 2.87. The summed E-state index contributed by atoms with van der Waals surface area (Å²) in [6.07, 6.45) is 6.07. The van der Waals surface area contributed by atoms with Crippen molar-refractivity contribution in [3.05, 3.63) is 36.7 Å². The molecule has 3 rings (SSSR count). The van der Waals surface area contributed by atoms with Crippen molar-refractivity contribution in [1.82, 2.24) is 24.8 Å². The van der Waals surface area contributed by atoms with Crippen molar-refractivity contribution in [1.29, 1.82) is 0 Å². The highest BCUT2D eigenvalue weighted by atomic mass is 19.3. The molecule has 1 amide bonds. The second-order valence-electron chi connectivity index (χ2n) is 5.63. The van der Waals surface area contributed by atoms with Crippen LogP contribution in [0.3, 0.4) is 0 Å². The summed E-state index contributed by atoms with van der Waals surface area (Å²) in [6.45, 7) is 0. The molecule has 2 aromatic rings. The molecule has 1 N–H and O–H groups in total. The molecule has 6 nitrogen and oxygen atoms in total. The van der Waals surface area contributed by atoms with Crippen LogP contribution >= 0.6 is 0 Å². The van der Waals surface area contributed by atoms with Gasteiger partial charge in [0, 0.05) is 30.6 Å². The van der Waals surface area contributed by atoms with Crippen molar-refractivity contribution in [2.45, 2.75) is 38.2 Å². The first-order chi connectivity index (χ1) is 11.1. The van der Waals surface area contributed by atoms with Crippen molar-refractivity contribution in [3.8, 4) is 5.95 Å². The Kier molecular flexibility index (Phi) is 4.59. The Morgan fingerprint density at radius 2 is 2.04 bits per heavy atom. The third-order valence-electron chi connectivity index (χ3n) is 4.07. The molecule has 122 valence electrons. The molecule has 0 aliphatic heterocycles. The Morgan fingerprint density at radius 1 is 1.26 bits per heavy atom. The Labute approximate surface area is 132 Å². The molecular formula is C15H17F2N5O. The van der Waals surface area contributed by atoms with Crippen LogP contribution in [0.4, 0.5) is 8.78 Å². The van der Waals surface area contributed by atoms with E-state index in [4.69, 9.17) is 0 Å². The monoisotopic (exact) mass is 321 g/mol. The number of aromatic nitrogens is 4. The minimum atomic E-state index is -2.27. The molecule has 1 fully saturated rings. The average molecular weight is 321 g/mol. The van der Waals surface area contributed by atoms with Crippen molar-refractivity contribution in [2.75, 3.05) is 0 Å². The number of nitrogens with one attached hydrogen (secondary N) is 1. The van der Waals surface area contributed by atoms with Gasteiger partial charge in [0.1, 0.15) is 12.0 Å². The number of nitrogens with zero attached hydrogens (tertiary/aromatic N) is 4. The van der Waals surface area contributed by atoms with Crippen LogP contribution in [0.1, 0.15) is 36.2 Å². The molecule has 1 saturated carbocycles. The summed E-state index contributed by atoms with van der Waals surface area (Å²) in [7, 11) is 0. The number of carbonyl (C=O) groups is 1. The highest BCUT2D eigenvalue weighted by molar-refractivity contribution is 5.92. The second-order valence-corrected chi connectivity index (χ2v) is 5.63. The average Bonchev–Trinajstić information content (AvgIpc) is 3.10. The lowest BCUT2D eigenvalue weighted by Gasteiger charge is -2.28. The van der Waals surface area contributed by atoms with Crippen molar-refractivity contribution >= 4 is 5.91 Å². The summed E-state index contributed by atoms with van der Waals surface area (Å²) < 4.78 is 26.9. The number of amides is 1. The lowest BCUT2D eigenvalue weighted by atomic mass is 9.86. The first-order valence-electron chi connectivity index (χ1n) is 7.54. The van der Waals surface area contributed by atoms with Crippen LogP contribution in [-0.2, 0) is 0 Å². The molecule has 0 bridgehead atoms. The van der Waals surface area contributed by atoms with Gasteiger partial charge in [0.05, 0.1) is 0 Å². The minimum absolute atomic E-state index is 0.0795. The maximum absolute atomic E-state index is 12.6. The normalized spacial score (nSPS) is 21.3. The Bertz CT molecular complexity index is 654. The zero-order chi connectivity index (χ0) is 16.2. The summed E-state index contributed by atoms with van der Waals surface area (Å²) >= 11 is 0. The van der Waals surface area contributed by atoms with Gasteiger partial charge in [-0.05, 0) is 31.7 Å². The van der Waals surface area contributed by atoms with E-state index in [1.165, 1.54) is 12.3 Å². The van der Waals surface area contributed by atoms with E-state index in [2.05, 4.69) is 20.3 Å². The minimum Gasteiger partial charge on any atom is -0.348 e. The van der Waals surface area contributed by atoms with E-state index in [0.29, 0.717) is 31.6 Å². The Balaban J connectivity index is 1.62. The smallest absolute Gasteiger partial charge is 0.270 e. The molecule has 0 saturated heterocycles. The molecule has 1 aliphatic rings. The number of imidazole rings is 1. The maximum Gasteiger partial charge on any atom is 0.270 e. The Morgan fingerprint density at radius 3 is 2.70 bits per heavy atom. The topological polar surface area (TPSA) is 72.7 Å². The number of alkyl halides is 2. The predicted octanol–water partition coefficient (Wildman–Crippen LogP) is 2.22. The number of hydrogen-bond donors (Lipinski definition) is 1. The van der Waals surface area contributed by atoms with Crippen LogP contribution in [0.2, 0.25) is 0 Å². The molecule has 0 radical (unpaired) electrons. The van der Waals surface area contributed by atoms with Gasteiger partial charge in [-0.25, -0.2) is 23.7 Å². The van der Waals surface area contributed by atoms with Crippen LogP contribution in [0.15, 0.2) is 31.0 Å². The van der Waals surface area contributed by atoms with Crippen molar-refractivity contribution in [2.24, 2.45) is 5.92 Å². The van der Waals surface area contributed by atoms with E-state index >= 15 is 0 Å². The number of hydrogen-bond acceptors (Lipinski definition) is 4. The molecule has 0 spiro atoms. The zero-order valence-corrected chi connectivity index (χ0v) is 12.4. The second kappa shape index (κ2) is 6.80. The van der Waals surface area contributed by atoms with Gasteiger partial charge in [-0.15, -0.1) is 0 Å². The summed E-state index contributed by atoms with van der Waals surface area (Å²) in [6, 6.07) is 1.45. The van der Waals surface area contributed by atoms with Crippen LogP contribution in [0.5, 0.6) is 0 Å². The fourth-order valence-electron chi connectivity index (χ4n) is 2.75. The van der Waals surface area contributed by atoms with E-state index in [1.807, 2.05) is 0 Å². The van der Waals surface area contributed by atoms with Crippen LogP contribution in [0.25, 0.3) is 5.95 Å². The summed E-state index contributed by atoms with van der Waals surface area (Å²) in [5.74, 6) is -0.499. The van der Waals surface area contributed by atoms with E-state index in [-0.39, 0.29) is 17.6 Å². The molecule has 2 aromatic heterocycles. The van der Waals surface area contributed by atoms with Gasteiger partial charge < -0.3 is 5.32 Å². The summed E-state index contributed by atoms with van der Waals surface area (Å²) in [5.41, 5.74) is 0.250. The summed E-state index contributed by atoms with van der Waals surface area (Å²) in [4.78, 5) is 24.5. The largest absolute Gasteiger partial charge is 0.348 e. The van der Waals surface area contributed by atoms with Crippen LogP contribution in [0, 0.1) is 5.92 Å². The lowest BCUT2D eigenvalue weighted by Crippen LogP contribution is -2.39. The maximum atomic E-state index is 12.6. The first kappa shape index (κ1) is 15.5. The van der Waals surface area contributed by atoms with E-state index < -0.39 is 12.3 Å². The molecule has 0 atom stereocenters. The highest BCUT2D eigenvalue weighted by Crippen LogP contribution is 2.29. The molecule has 8 heteroatoms. The molecule has 23 heavy (non-hydrogen) atoms. The van der Waals surface area contributed by atoms with Gasteiger partial charge in [0.2, 0.25) is 12.4 Å². The van der Waals surface area contributed by atoms with Gasteiger partial charge in [-0.3, -0.25) is 9.36 Å². The van der Waals surface area contributed by atoms with Gasteiger partial charge in [-0.1, -0.05) is 0 Å². The fourth-order valence-corrected chi connectivity index (χ4v) is 2.75. The number of halogens is 2. The molecule has 1 aliphatic carbocycles. The quantitative estimate of drug-likeness (QED) is 0.937. The fraction of sp³-hybridized carbons (Fsp3) is 0.467. The Hall–Kier alpha value is -2.38. The highest BCUT2D eigenvalue weighted by Gasteiger charge is 2.28. The van der Waals surface area contributed by atoms with E-state index in [9.17, 15) is 13.6 Å². The molecule has 0 unspecified atom stereocenters. The molecule has 2 heterocycles. The van der Waals surface area contributed by atoms with Gasteiger partial charge in [0.15, 0.2) is 0 Å². The van der Waals surface area contributed by atoms with E-state index in [1.54, 1.807) is 23.3 Å². The van der Waals surface area contributed by atoms with Crippen LogP contribution in [-0.4, -0.2) is 37.9 Å². The van der Waals surface area contributed by atoms with Gasteiger partial charge in [0.25, 0.3) is 5.91 Å². The van der Waals surface area contributed by atoms with Gasteiger partial charge >= 0.3 is 0 Å². The van der Waals surface area contributed by atoms with Gasteiger partial charge in [-0.2, -0.15) is 0 Å². The SMILES string of the molecule is O=C(N[C@H]1CC[C@H](C(F)F)CC1)c1ccnc(-n2ccnc2)n1. The third kappa shape index (κ3) is 3.69. The number of rotatable bonds is 4. The van der Waals surface area contributed by atoms with Crippen LogP contribution < -0.4 is 5.32 Å². The number of carbonyl (C=O) groups excluding carboxylic acids is 1. The standard InChI is InChI=1S/C15H17F2N5O/c16-13(17)10-1-3-11(4-2-10)20-14(23)12-5-6-19-15(21-12)22-8-7-18-9-22/h5-11,13H,1-4H2,(H,20,23)/t10-,11-. The lowest BCUT2D eigenvalue weighted by molar-refractivity contribution is 0.0499. The van der Waals surface area contributed by atoms with Crippen molar-refractivity contribution < 1.29 is 13.6 Å². The third-order valence-corrected chi connectivity index (χ3v) is 4.07. The van der Waals surface area contributed by atoms with Crippen molar-refractivity contribution in [3.63, 3.8) is 0 Å².